The van der Waals surface area contributed by atoms with Gasteiger partial charge in [-0.1, -0.05) is 55.0 Å². The van der Waals surface area contributed by atoms with E-state index in [1.54, 1.807) is 12.1 Å². The molecule has 0 unspecified atom stereocenters. The Labute approximate surface area is 157 Å². The molecule has 0 spiro atoms. The monoisotopic (exact) mass is 394 g/mol. The van der Waals surface area contributed by atoms with Crippen LogP contribution in [0.1, 0.15) is 30.3 Å². The van der Waals surface area contributed by atoms with E-state index in [-0.39, 0.29) is 6.54 Å². The summed E-state index contributed by atoms with van der Waals surface area (Å²) in [5.41, 5.74) is 0.766. The number of hydrogen-bond acceptors (Lipinski definition) is 6. The Balaban J connectivity index is 1.91. The van der Waals surface area contributed by atoms with Gasteiger partial charge in [0.15, 0.2) is 0 Å². The zero-order valence-electron chi connectivity index (χ0n) is 14.8. The number of anilines is 1. The highest BCUT2D eigenvalue weighted by Gasteiger charge is 2.18. The number of rotatable bonds is 9. The van der Waals surface area contributed by atoms with Gasteiger partial charge in [-0.2, -0.15) is 4.31 Å². The molecule has 9 heteroatoms. The lowest BCUT2D eigenvalue weighted by Crippen LogP contribution is -2.33. The van der Waals surface area contributed by atoms with Gasteiger partial charge in [-0.15, -0.1) is 10.2 Å². The van der Waals surface area contributed by atoms with Crippen molar-refractivity contribution in [2.45, 2.75) is 26.2 Å². The van der Waals surface area contributed by atoms with Crippen LogP contribution in [0.25, 0.3) is 6.08 Å². The number of unbranched alkanes of at least 4 members (excludes halogenated alkanes) is 1. The van der Waals surface area contributed by atoms with E-state index in [0.29, 0.717) is 5.13 Å². The van der Waals surface area contributed by atoms with E-state index in [1.165, 1.54) is 24.5 Å². The zero-order valence-corrected chi connectivity index (χ0v) is 16.4. The second kappa shape index (κ2) is 9.56. The number of sulfonamides is 1. The van der Waals surface area contributed by atoms with Gasteiger partial charge in [0.1, 0.15) is 5.01 Å². The van der Waals surface area contributed by atoms with Crippen molar-refractivity contribution in [2.75, 3.05) is 18.9 Å². The minimum absolute atomic E-state index is 0.300. The van der Waals surface area contributed by atoms with Crippen molar-refractivity contribution in [3.63, 3.8) is 0 Å². The molecule has 0 saturated heterocycles. The highest BCUT2D eigenvalue weighted by atomic mass is 32.2. The maximum absolute atomic E-state index is 12.2. The summed E-state index contributed by atoms with van der Waals surface area (Å²) in [6.45, 7) is 1.79. The van der Waals surface area contributed by atoms with Crippen LogP contribution in [0.4, 0.5) is 5.13 Å². The van der Waals surface area contributed by atoms with Gasteiger partial charge in [0, 0.05) is 18.9 Å². The molecule has 1 heterocycles. The number of carbonyl (C=O) groups excluding carboxylic acids is 1. The molecule has 26 heavy (non-hydrogen) atoms. The second-order valence-electron chi connectivity index (χ2n) is 5.67. The SMILES string of the molecule is CCCCc1nnc(NC(=O)CN(C)S(=O)(=O)C=Cc2ccccc2)s1. The first-order valence-electron chi connectivity index (χ1n) is 8.22. The van der Waals surface area contributed by atoms with E-state index < -0.39 is 15.9 Å². The van der Waals surface area contributed by atoms with Crippen LogP contribution in [-0.4, -0.2) is 42.4 Å². The van der Waals surface area contributed by atoms with Crippen molar-refractivity contribution in [2.24, 2.45) is 0 Å². The summed E-state index contributed by atoms with van der Waals surface area (Å²) < 4.78 is 25.5. The minimum Gasteiger partial charge on any atom is -0.299 e. The first kappa shape index (κ1) is 20.2. The number of nitrogens with zero attached hydrogens (tertiary/aromatic N) is 3. The Morgan fingerprint density at radius 2 is 2.00 bits per heavy atom. The van der Waals surface area contributed by atoms with Crippen LogP contribution < -0.4 is 5.32 Å². The lowest BCUT2D eigenvalue weighted by molar-refractivity contribution is -0.116. The van der Waals surface area contributed by atoms with Gasteiger partial charge in [-0.3, -0.25) is 10.1 Å². The third kappa shape index (κ3) is 6.32. The first-order valence-corrected chi connectivity index (χ1v) is 10.5. The van der Waals surface area contributed by atoms with Crippen molar-refractivity contribution < 1.29 is 13.2 Å². The normalized spacial score (nSPS) is 12.0. The molecule has 0 aliphatic carbocycles. The summed E-state index contributed by atoms with van der Waals surface area (Å²) in [7, 11) is -2.34. The van der Waals surface area contributed by atoms with Gasteiger partial charge in [0.05, 0.1) is 6.54 Å². The predicted molar refractivity (Wildman–Crippen MR) is 104 cm³/mol. The molecular formula is C17H22N4O3S2. The third-order valence-electron chi connectivity index (χ3n) is 3.49. The molecule has 7 nitrogen and oxygen atoms in total. The maximum Gasteiger partial charge on any atom is 0.241 e. The Hall–Kier alpha value is -2.10. The molecule has 0 fully saturated rings. The van der Waals surface area contributed by atoms with Crippen LogP contribution in [0, 0.1) is 0 Å². The largest absolute Gasteiger partial charge is 0.299 e. The Morgan fingerprint density at radius 1 is 1.27 bits per heavy atom. The van der Waals surface area contributed by atoms with Crippen LogP contribution in [0.2, 0.25) is 0 Å². The van der Waals surface area contributed by atoms with Gasteiger partial charge in [0.25, 0.3) is 0 Å². The molecule has 2 aromatic rings. The van der Waals surface area contributed by atoms with E-state index in [1.807, 2.05) is 18.2 Å². The molecule has 0 saturated carbocycles. The summed E-state index contributed by atoms with van der Waals surface area (Å²) in [5.74, 6) is -0.456. The first-order chi connectivity index (χ1) is 12.4. The highest BCUT2D eigenvalue weighted by molar-refractivity contribution is 7.92. The summed E-state index contributed by atoms with van der Waals surface area (Å²) in [6.07, 6.45) is 4.38. The predicted octanol–water partition coefficient (Wildman–Crippen LogP) is 2.75. The molecule has 0 aliphatic rings. The smallest absolute Gasteiger partial charge is 0.241 e. The summed E-state index contributed by atoms with van der Waals surface area (Å²) in [6, 6.07) is 9.08. The van der Waals surface area contributed by atoms with Crippen molar-refractivity contribution >= 4 is 38.5 Å². The molecule has 140 valence electrons. The fraction of sp³-hybridized carbons (Fsp3) is 0.353. The fourth-order valence-corrected chi connectivity index (χ4v) is 3.65. The topological polar surface area (TPSA) is 92.3 Å². The molecule has 2 rings (SSSR count). The van der Waals surface area contributed by atoms with Crippen LogP contribution in [0.15, 0.2) is 35.7 Å². The van der Waals surface area contributed by atoms with E-state index in [9.17, 15) is 13.2 Å². The highest BCUT2D eigenvalue weighted by Crippen LogP contribution is 2.17. The van der Waals surface area contributed by atoms with E-state index >= 15 is 0 Å². The maximum atomic E-state index is 12.2. The average molecular weight is 395 g/mol. The molecule has 1 aromatic carbocycles. The van der Waals surface area contributed by atoms with Crippen molar-refractivity contribution in [3.05, 3.63) is 46.3 Å². The third-order valence-corrected chi connectivity index (χ3v) is 5.87. The van der Waals surface area contributed by atoms with Crippen molar-refractivity contribution in [1.82, 2.24) is 14.5 Å². The van der Waals surface area contributed by atoms with Crippen LogP contribution in [0.3, 0.4) is 0 Å². The van der Waals surface area contributed by atoms with Crippen LogP contribution in [0.5, 0.6) is 0 Å². The zero-order chi connectivity index (χ0) is 19.0. The second-order valence-corrected chi connectivity index (χ2v) is 8.65. The standard InChI is InChI=1S/C17H22N4O3S2/c1-3-4-10-16-19-20-17(25-16)18-15(22)13-21(2)26(23,24)12-11-14-8-6-5-7-9-14/h5-9,11-12H,3-4,10,13H2,1-2H3,(H,18,20,22). The van der Waals surface area contributed by atoms with Gasteiger partial charge < -0.3 is 0 Å². The lowest BCUT2D eigenvalue weighted by Gasteiger charge is -2.13. The number of carbonyl (C=O) groups is 1. The van der Waals surface area contributed by atoms with Crippen molar-refractivity contribution in [1.29, 1.82) is 0 Å². The fourth-order valence-electron chi connectivity index (χ4n) is 2.02. The van der Waals surface area contributed by atoms with Gasteiger partial charge in [-0.05, 0) is 18.1 Å². The van der Waals surface area contributed by atoms with Gasteiger partial charge in [-0.25, -0.2) is 8.42 Å². The number of likely N-dealkylation sites (N-methyl/N-ethyl adjacent to an activating group) is 1. The average Bonchev–Trinajstić information content (AvgIpc) is 3.06. The molecule has 1 amide bonds. The molecule has 0 aliphatic heterocycles. The van der Waals surface area contributed by atoms with E-state index in [4.69, 9.17) is 0 Å². The van der Waals surface area contributed by atoms with Crippen LogP contribution >= 0.6 is 11.3 Å². The van der Waals surface area contributed by atoms with E-state index in [2.05, 4.69) is 22.4 Å². The Morgan fingerprint density at radius 3 is 2.69 bits per heavy atom. The molecule has 0 atom stereocenters. The van der Waals surface area contributed by atoms with Gasteiger partial charge in [0.2, 0.25) is 21.1 Å². The number of amides is 1. The minimum atomic E-state index is -3.69. The summed E-state index contributed by atoms with van der Waals surface area (Å²) in [4.78, 5) is 12.1. The summed E-state index contributed by atoms with van der Waals surface area (Å²) >= 11 is 1.31. The van der Waals surface area contributed by atoms with Crippen molar-refractivity contribution in [3.8, 4) is 0 Å². The molecule has 0 bridgehead atoms. The Bertz CT molecular complexity index is 848. The molecule has 0 radical (unpaired) electrons. The molecular weight excluding hydrogens is 372 g/mol. The quantitative estimate of drug-likeness (QED) is 0.706. The number of benzene rings is 1. The number of nitrogens with one attached hydrogen (secondary N) is 1. The lowest BCUT2D eigenvalue weighted by atomic mass is 10.2. The van der Waals surface area contributed by atoms with Crippen LogP contribution in [-0.2, 0) is 21.2 Å². The number of aryl methyl sites for hydroxylation is 1. The van der Waals surface area contributed by atoms with E-state index in [0.717, 1.165) is 39.5 Å². The molecule has 1 N–H and O–H groups in total. The van der Waals surface area contributed by atoms with Gasteiger partial charge >= 0.3 is 0 Å². The molecule has 1 aromatic heterocycles. The number of aromatic nitrogens is 2. The number of hydrogen-bond donors (Lipinski definition) is 1. The summed E-state index contributed by atoms with van der Waals surface area (Å²) in [5, 5.41) is 12.8. The Kier molecular flexibility index (Phi) is 7.43.